The van der Waals surface area contributed by atoms with Gasteiger partial charge in [-0.1, -0.05) is 36.4 Å². The number of hydrogen-bond acceptors (Lipinski definition) is 1. The van der Waals surface area contributed by atoms with Gasteiger partial charge < -0.3 is 4.90 Å². The van der Waals surface area contributed by atoms with Gasteiger partial charge in [-0.15, -0.1) is 0 Å². The highest BCUT2D eigenvalue weighted by Gasteiger charge is 2.23. The van der Waals surface area contributed by atoms with Gasteiger partial charge in [-0.2, -0.15) is 4.57 Å². The van der Waals surface area contributed by atoms with Gasteiger partial charge in [0.05, 0.1) is 0 Å². The molecule has 0 fully saturated rings. The van der Waals surface area contributed by atoms with E-state index >= 15 is 0 Å². The highest BCUT2D eigenvalue weighted by atomic mass is 15.2. The van der Waals surface area contributed by atoms with Gasteiger partial charge in [0.25, 0.3) is 0 Å². The Morgan fingerprint density at radius 3 is 2.14 bits per heavy atom. The molecule has 0 aliphatic rings. The van der Waals surface area contributed by atoms with Gasteiger partial charge in [0.15, 0.2) is 11.7 Å². The van der Waals surface area contributed by atoms with Crippen molar-refractivity contribution < 1.29 is 4.57 Å². The Balaban J connectivity index is 1.88. The van der Waals surface area contributed by atoms with E-state index in [1.807, 2.05) is 0 Å². The number of fused-ring (bicyclic) bond motifs is 1. The van der Waals surface area contributed by atoms with Gasteiger partial charge >= 0.3 is 0 Å². The summed E-state index contributed by atoms with van der Waals surface area (Å²) in [6, 6.07) is 21.5. The Kier molecular flexibility index (Phi) is 5.93. The molecule has 0 saturated heterocycles. The molecule has 2 heteroatoms. The lowest BCUT2D eigenvalue weighted by Crippen LogP contribution is -2.51. The van der Waals surface area contributed by atoms with Crippen LogP contribution >= 0.6 is 0 Å². The maximum absolute atomic E-state index is 2.33. The maximum atomic E-state index is 2.33. The number of hydrogen-bond donors (Lipinski definition) is 0. The summed E-state index contributed by atoms with van der Waals surface area (Å²) < 4.78 is 2.29. The zero-order valence-electron chi connectivity index (χ0n) is 18.6. The Bertz CT molecular complexity index is 1030. The van der Waals surface area contributed by atoms with Crippen molar-refractivity contribution in [3.63, 3.8) is 0 Å². The van der Waals surface area contributed by atoms with E-state index in [4.69, 9.17) is 0 Å². The molecule has 150 valence electrons. The smallest absolute Gasteiger partial charge is 0.205 e. The molecule has 0 unspecified atom stereocenters. The normalized spacial score (nSPS) is 12.9. The van der Waals surface area contributed by atoms with Gasteiger partial charge in [0.1, 0.15) is 0 Å². The molecule has 3 aromatic rings. The van der Waals surface area contributed by atoms with Crippen molar-refractivity contribution in [2.75, 3.05) is 4.90 Å². The fourth-order valence-corrected chi connectivity index (χ4v) is 3.52. The minimum absolute atomic E-state index is 0.0230. The molecule has 0 atom stereocenters. The number of anilines is 1. The van der Waals surface area contributed by atoms with Crippen molar-refractivity contribution in [2.45, 2.75) is 52.6 Å². The second kappa shape index (κ2) is 8.24. The van der Waals surface area contributed by atoms with E-state index in [0.29, 0.717) is 0 Å². The van der Waals surface area contributed by atoms with Crippen molar-refractivity contribution in [1.82, 2.24) is 0 Å². The highest BCUT2D eigenvalue weighted by Crippen LogP contribution is 2.28. The number of nitrogens with zero attached hydrogens (tertiary/aromatic N) is 2. The van der Waals surface area contributed by atoms with E-state index in [1.165, 1.54) is 22.2 Å². The molecule has 0 N–H and O–H groups in total. The first-order valence-electron chi connectivity index (χ1n) is 10.3. The summed E-state index contributed by atoms with van der Waals surface area (Å²) in [6.45, 7) is 13.4. The minimum Gasteiger partial charge on any atom is -0.343 e. The Morgan fingerprint density at radius 2 is 1.45 bits per heavy atom. The van der Waals surface area contributed by atoms with Crippen LogP contribution in [-0.2, 0) is 5.54 Å². The Morgan fingerprint density at radius 1 is 0.759 bits per heavy atom. The monoisotopic (exact) mass is 385 g/mol. The lowest BCUT2D eigenvalue weighted by molar-refractivity contribution is -0.755. The van der Waals surface area contributed by atoms with Crippen molar-refractivity contribution in [3.8, 4) is 0 Å². The fraction of sp³-hybridized carbons (Fsp3) is 0.296. The molecule has 0 aliphatic heterocycles. The number of pyridine rings is 1. The summed E-state index contributed by atoms with van der Waals surface area (Å²) in [6.07, 6.45) is 10.7. The molecule has 2 aromatic carbocycles. The molecule has 1 aromatic heterocycles. The zero-order chi connectivity index (χ0) is 21.1. The van der Waals surface area contributed by atoms with Gasteiger partial charge in [-0.3, -0.25) is 0 Å². The predicted octanol–water partition coefficient (Wildman–Crippen LogP) is 6.71. The first-order chi connectivity index (χ1) is 13.7. The van der Waals surface area contributed by atoms with Crippen LogP contribution in [0, 0.1) is 0 Å². The van der Waals surface area contributed by atoms with Crippen molar-refractivity contribution in [1.29, 1.82) is 0 Å². The third-order valence-corrected chi connectivity index (χ3v) is 4.96. The van der Waals surface area contributed by atoms with Gasteiger partial charge in [-0.05, 0) is 55.8 Å². The van der Waals surface area contributed by atoms with E-state index in [9.17, 15) is 0 Å². The molecular weight excluding hydrogens is 352 g/mol. The molecule has 0 spiro atoms. The zero-order valence-corrected chi connectivity index (χ0v) is 18.6. The van der Waals surface area contributed by atoms with Crippen LogP contribution in [0.4, 0.5) is 5.69 Å². The molecule has 0 saturated carbocycles. The lowest BCUT2D eigenvalue weighted by Gasteiger charge is -2.35. The summed E-state index contributed by atoms with van der Waals surface area (Å²) in [7, 11) is 0. The SMILES string of the molecule is CC(C)(C)N(C=C/C=C/c1cccc[n+]1C(C)(C)C)c1ccc2ccccc2c1. The van der Waals surface area contributed by atoms with Crippen LogP contribution in [0.3, 0.4) is 0 Å². The molecule has 29 heavy (non-hydrogen) atoms. The summed E-state index contributed by atoms with van der Waals surface area (Å²) in [4.78, 5) is 2.33. The molecule has 1 heterocycles. The maximum Gasteiger partial charge on any atom is 0.205 e. The summed E-state index contributed by atoms with van der Waals surface area (Å²) in [5.41, 5.74) is 2.42. The molecule has 0 aliphatic carbocycles. The van der Waals surface area contributed by atoms with Crippen LogP contribution in [0.15, 0.2) is 85.2 Å². The standard InChI is InChI=1S/C27H33N2/c1-26(2,3)28-19-11-9-15-24(28)16-10-12-20-29(27(4,5)6)25-18-17-22-13-7-8-14-23(22)21-25/h7-21H,1-6H3/q+1. The molecule has 2 nitrogen and oxygen atoms in total. The topological polar surface area (TPSA) is 7.12 Å². The molecular formula is C27H33N2+. The predicted molar refractivity (Wildman–Crippen MR) is 126 cm³/mol. The lowest BCUT2D eigenvalue weighted by atomic mass is 10.0. The van der Waals surface area contributed by atoms with E-state index in [0.717, 1.165) is 0 Å². The van der Waals surface area contributed by atoms with Crippen LogP contribution in [0.2, 0.25) is 0 Å². The second-order valence-corrected chi connectivity index (χ2v) is 9.44. The van der Waals surface area contributed by atoms with E-state index in [2.05, 4.69) is 142 Å². The average Bonchev–Trinajstić information content (AvgIpc) is 2.66. The third-order valence-electron chi connectivity index (χ3n) is 4.96. The van der Waals surface area contributed by atoms with E-state index in [-0.39, 0.29) is 11.1 Å². The highest BCUT2D eigenvalue weighted by molar-refractivity contribution is 5.86. The summed E-state index contributed by atoms with van der Waals surface area (Å²) >= 11 is 0. The van der Waals surface area contributed by atoms with Gasteiger partial charge in [0.2, 0.25) is 5.69 Å². The van der Waals surface area contributed by atoms with Crippen LogP contribution in [0.25, 0.3) is 16.8 Å². The average molecular weight is 386 g/mol. The van der Waals surface area contributed by atoms with E-state index in [1.54, 1.807) is 0 Å². The molecule has 0 bridgehead atoms. The molecule has 3 rings (SSSR count). The molecule has 0 amide bonds. The second-order valence-electron chi connectivity index (χ2n) is 9.44. The number of aromatic nitrogens is 1. The number of rotatable bonds is 4. The summed E-state index contributed by atoms with van der Waals surface area (Å²) in [5.74, 6) is 0. The number of allylic oxidation sites excluding steroid dienone is 2. The number of benzene rings is 2. The summed E-state index contributed by atoms with van der Waals surface area (Å²) in [5, 5.41) is 2.53. The van der Waals surface area contributed by atoms with Crippen molar-refractivity contribution >= 4 is 22.5 Å². The minimum atomic E-state index is -0.0230. The van der Waals surface area contributed by atoms with Crippen LogP contribution in [-0.4, -0.2) is 5.54 Å². The third kappa shape index (κ3) is 5.14. The van der Waals surface area contributed by atoms with Crippen LogP contribution in [0.5, 0.6) is 0 Å². The first kappa shape index (κ1) is 20.9. The van der Waals surface area contributed by atoms with Crippen molar-refractivity contribution in [3.05, 3.63) is 90.9 Å². The quantitative estimate of drug-likeness (QED) is 0.357. The van der Waals surface area contributed by atoms with E-state index < -0.39 is 0 Å². The van der Waals surface area contributed by atoms with Crippen molar-refractivity contribution in [2.24, 2.45) is 0 Å². The van der Waals surface area contributed by atoms with Crippen LogP contribution < -0.4 is 9.47 Å². The van der Waals surface area contributed by atoms with Gasteiger partial charge in [-0.25, -0.2) is 0 Å². The Labute approximate surface area is 175 Å². The largest absolute Gasteiger partial charge is 0.343 e. The first-order valence-corrected chi connectivity index (χ1v) is 10.3. The Hall–Kier alpha value is -2.87. The molecule has 0 radical (unpaired) electrons. The fourth-order valence-electron chi connectivity index (χ4n) is 3.52. The van der Waals surface area contributed by atoms with Gasteiger partial charge in [0, 0.05) is 56.4 Å². The van der Waals surface area contributed by atoms with Crippen LogP contribution in [0.1, 0.15) is 47.2 Å².